The van der Waals surface area contributed by atoms with Gasteiger partial charge >= 0.3 is 5.97 Å². The van der Waals surface area contributed by atoms with E-state index in [4.69, 9.17) is 22.3 Å². The normalized spacial score (nSPS) is 22.8. The van der Waals surface area contributed by atoms with Crippen molar-refractivity contribution in [1.82, 2.24) is 9.88 Å². The van der Waals surface area contributed by atoms with Crippen molar-refractivity contribution in [3.8, 4) is 5.75 Å². The highest BCUT2D eigenvalue weighted by Gasteiger charge is 2.33. The van der Waals surface area contributed by atoms with Gasteiger partial charge in [0.15, 0.2) is 0 Å². The number of ether oxygens (including phenoxy) is 2. The summed E-state index contributed by atoms with van der Waals surface area (Å²) >= 11 is 0. The Bertz CT molecular complexity index is 942. The highest BCUT2D eigenvalue weighted by molar-refractivity contribution is 6.38. The molecule has 6 heteroatoms. The zero-order valence-electron chi connectivity index (χ0n) is 19.2. The SMILES string of the molecule is [B]c1cc(CN2CC(C(=O)OC)C2)nc2ccc(OC3CCC(C(C)(C)C)CC3)cc12. The molecule has 0 bridgehead atoms. The van der Waals surface area contributed by atoms with E-state index in [0.717, 1.165) is 41.1 Å². The van der Waals surface area contributed by atoms with Gasteiger partial charge in [-0.15, -0.1) is 0 Å². The average molecular weight is 420 g/mol. The zero-order chi connectivity index (χ0) is 22.2. The average Bonchev–Trinajstić information content (AvgIpc) is 2.70. The van der Waals surface area contributed by atoms with Crippen LogP contribution < -0.4 is 10.2 Å². The fraction of sp³-hybridized carbons (Fsp3) is 0.600. The Labute approximate surface area is 186 Å². The van der Waals surface area contributed by atoms with Crippen LogP contribution in [0.15, 0.2) is 24.3 Å². The van der Waals surface area contributed by atoms with Crippen LogP contribution in [0.25, 0.3) is 10.9 Å². The van der Waals surface area contributed by atoms with E-state index in [0.29, 0.717) is 30.5 Å². The lowest BCUT2D eigenvalue weighted by atomic mass is 9.72. The molecule has 5 nitrogen and oxygen atoms in total. The van der Waals surface area contributed by atoms with Crippen molar-refractivity contribution in [1.29, 1.82) is 0 Å². The molecular weight excluding hydrogens is 387 g/mol. The summed E-state index contributed by atoms with van der Waals surface area (Å²) in [5, 5.41) is 0.931. The standard InChI is InChI=1S/C25H33BN2O3/c1-25(2,3)17-5-7-19(8-6-17)31-20-9-10-23-21(12-20)22(26)11-18(27-23)15-28-13-16(14-28)24(29)30-4/h9-12,16-17,19H,5-8,13-15H2,1-4H3. The minimum absolute atomic E-state index is 0.0269. The summed E-state index contributed by atoms with van der Waals surface area (Å²) in [4.78, 5) is 18.5. The van der Waals surface area contributed by atoms with Crippen LogP contribution in [0, 0.1) is 17.3 Å². The number of carbonyl (C=O) groups is 1. The Morgan fingerprint density at radius 2 is 1.87 bits per heavy atom. The highest BCUT2D eigenvalue weighted by Crippen LogP contribution is 2.38. The first-order valence-electron chi connectivity index (χ1n) is 11.4. The monoisotopic (exact) mass is 420 g/mol. The molecule has 0 atom stereocenters. The van der Waals surface area contributed by atoms with E-state index in [2.05, 4.69) is 25.7 Å². The van der Waals surface area contributed by atoms with E-state index in [9.17, 15) is 4.79 Å². The lowest BCUT2D eigenvalue weighted by Gasteiger charge is -2.37. The number of methoxy groups -OCH3 is 1. The first kappa shape index (κ1) is 22.1. The number of nitrogens with zero attached hydrogens (tertiary/aromatic N) is 2. The number of carbonyl (C=O) groups excluding carboxylic acids is 1. The Kier molecular flexibility index (Phi) is 6.29. The van der Waals surface area contributed by atoms with Crippen LogP contribution in [0.4, 0.5) is 0 Å². The molecule has 0 N–H and O–H groups in total. The van der Waals surface area contributed by atoms with E-state index in [1.165, 1.54) is 20.0 Å². The third kappa shape index (κ3) is 5.06. The molecule has 0 amide bonds. The second-order valence-electron chi connectivity index (χ2n) is 10.3. The van der Waals surface area contributed by atoms with Crippen molar-refractivity contribution in [2.45, 2.75) is 59.1 Å². The number of esters is 1. The molecule has 1 aliphatic carbocycles. The molecule has 1 saturated carbocycles. The number of likely N-dealkylation sites (tertiary alicyclic amines) is 1. The van der Waals surface area contributed by atoms with E-state index in [1.807, 2.05) is 24.3 Å². The van der Waals surface area contributed by atoms with Gasteiger partial charge in [-0.1, -0.05) is 26.2 Å². The van der Waals surface area contributed by atoms with Crippen molar-refractivity contribution in [2.75, 3.05) is 20.2 Å². The van der Waals surface area contributed by atoms with Crippen molar-refractivity contribution in [3.63, 3.8) is 0 Å². The van der Waals surface area contributed by atoms with Gasteiger partial charge in [-0.3, -0.25) is 14.7 Å². The lowest BCUT2D eigenvalue weighted by molar-refractivity contribution is -0.151. The molecule has 0 unspecified atom stereocenters. The quantitative estimate of drug-likeness (QED) is 0.547. The molecular formula is C25H33BN2O3. The topological polar surface area (TPSA) is 51.7 Å². The van der Waals surface area contributed by atoms with Gasteiger partial charge in [-0.05, 0) is 66.7 Å². The van der Waals surface area contributed by atoms with Crippen LogP contribution in [0.5, 0.6) is 5.75 Å². The van der Waals surface area contributed by atoms with Crippen LogP contribution in [0.2, 0.25) is 0 Å². The Morgan fingerprint density at radius 1 is 1.16 bits per heavy atom. The Balaban J connectivity index is 1.38. The Morgan fingerprint density at radius 3 is 2.52 bits per heavy atom. The van der Waals surface area contributed by atoms with Gasteiger partial charge in [0.2, 0.25) is 0 Å². The number of rotatable bonds is 5. The van der Waals surface area contributed by atoms with E-state index in [-0.39, 0.29) is 18.0 Å². The van der Waals surface area contributed by atoms with Gasteiger partial charge in [0.1, 0.15) is 13.6 Å². The van der Waals surface area contributed by atoms with Crippen LogP contribution >= 0.6 is 0 Å². The second kappa shape index (κ2) is 8.81. The zero-order valence-corrected chi connectivity index (χ0v) is 19.2. The molecule has 1 aromatic heterocycles. The van der Waals surface area contributed by atoms with Crippen molar-refractivity contribution >= 4 is 30.2 Å². The number of pyridine rings is 1. The summed E-state index contributed by atoms with van der Waals surface area (Å²) in [6, 6.07) is 7.96. The van der Waals surface area contributed by atoms with Crippen LogP contribution in [-0.4, -0.2) is 50.0 Å². The van der Waals surface area contributed by atoms with Crippen LogP contribution in [0.3, 0.4) is 0 Å². The number of aromatic nitrogens is 1. The van der Waals surface area contributed by atoms with Gasteiger partial charge < -0.3 is 9.47 Å². The fourth-order valence-electron chi connectivity index (χ4n) is 4.93. The maximum Gasteiger partial charge on any atom is 0.311 e. The molecule has 1 saturated heterocycles. The first-order valence-corrected chi connectivity index (χ1v) is 11.4. The molecule has 0 spiro atoms. The largest absolute Gasteiger partial charge is 0.490 e. The summed E-state index contributed by atoms with van der Waals surface area (Å²) in [5.41, 5.74) is 2.89. The van der Waals surface area contributed by atoms with Gasteiger partial charge in [0, 0.05) is 19.6 Å². The minimum Gasteiger partial charge on any atom is -0.490 e. The van der Waals surface area contributed by atoms with Gasteiger partial charge in [-0.25, -0.2) is 0 Å². The number of hydrogen-bond donors (Lipinski definition) is 0. The number of hydrogen-bond acceptors (Lipinski definition) is 5. The van der Waals surface area contributed by atoms with Crippen molar-refractivity contribution in [3.05, 3.63) is 30.0 Å². The van der Waals surface area contributed by atoms with Gasteiger partial charge in [-0.2, -0.15) is 0 Å². The van der Waals surface area contributed by atoms with E-state index < -0.39 is 0 Å². The fourth-order valence-corrected chi connectivity index (χ4v) is 4.93. The molecule has 31 heavy (non-hydrogen) atoms. The van der Waals surface area contributed by atoms with E-state index >= 15 is 0 Å². The summed E-state index contributed by atoms with van der Waals surface area (Å²) in [5.74, 6) is 1.48. The smallest absolute Gasteiger partial charge is 0.311 e. The Hall–Kier alpha value is -2.08. The number of fused-ring (bicyclic) bond motifs is 1. The predicted molar refractivity (Wildman–Crippen MR) is 124 cm³/mol. The molecule has 1 aliphatic heterocycles. The third-order valence-corrected chi connectivity index (χ3v) is 6.94. The van der Waals surface area contributed by atoms with Crippen molar-refractivity contribution < 1.29 is 14.3 Å². The van der Waals surface area contributed by atoms with Crippen LogP contribution in [0.1, 0.15) is 52.1 Å². The third-order valence-electron chi connectivity index (χ3n) is 6.94. The maximum atomic E-state index is 11.6. The summed E-state index contributed by atoms with van der Waals surface area (Å²) in [7, 11) is 7.81. The summed E-state index contributed by atoms with van der Waals surface area (Å²) in [6.07, 6.45) is 4.94. The molecule has 1 aromatic carbocycles. The molecule has 4 rings (SSSR count). The molecule has 2 fully saturated rings. The lowest BCUT2D eigenvalue weighted by Crippen LogP contribution is -2.50. The van der Waals surface area contributed by atoms with Gasteiger partial charge in [0.25, 0.3) is 0 Å². The molecule has 2 heterocycles. The predicted octanol–water partition coefficient (Wildman–Crippen LogP) is 3.62. The van der Waals surface area contributed by atoms with E-state index in [1.54, 1.807) is 0 Å². The first-order chi connectivity index (χ1) is 14.7. The van der Waals surface area contributed by atoms with Crippen molar-refractivity contribution in [2.24, 2.45) is 17.3 Å². The summed E-state index contributed by atoms with van der Waals surface area (Å²) < 4.78 is 11.1. The maximum absolute atomic E-state index is 11.6. The summed E-state index contributed by atoms with van der Waals surface area (Å²) in [6.45, 7) is 9.11. The molecule has 2 aromatic rings. The molecule has 164 valence electrons. The molecule has 2 radical (unpaired) electrons. The molecule has 2 aliphatic rings. The highest BCUT2D eigenvalue weighted by atomic mass is 16.5. The second-order valence-corrected chi connectivity index (χ2v) is 10.3. The minimum atomic E-state index is -0.137. The number of benzene rings is 1. The van der Waals surface area contributed by atoms with Crippen LogP contribution in [-0.2, 0) is 16.1 Å². The van der Waals surface area contributed by atoms with Gasteiger partial charge in [0.05, 0.1) is 30.3 Å².